The summed E-state index contributed by atoms with van der Waals surface area (Å²) in [4.78, 5) is 25.0. The second-order valence-electron chi connectivity index (χ2n) is 6.50. The van der Waals surface area contributed by atoms with E-state index < -0.39 is 12.0 Å². The van der Waals surface area contributed by atoms with Crippen LogP contribution in [0.25, 0.3) is 0 Å². The molecule has 0 bridgehead atoms. The molecule has 154 valence electrons. The quantitative estimate of drug-likeness (QED) is 0.395. The number of carbonyl (C=O) groups excluding carboxylic acids is 2. The number of para-hydroxylation sites is 1. The molecule has 0 heterocycles. The van der Waals surface area contributed by atoms with Crippen LogP contribution in [-0.4, -0.2) is 25.1 Å². The number of nitrogens with one attached hydrogen (secondary N) is 1. The van der Waals surface area contributed by atoms with E-state index in [0.29, 0.717) is 16.3 Å². The summed E-state index contributed by atoms with van der Waals surface area (Å²) in [5.41, 5.74) is 1.15. The molecule has 3 aromatic carbocycles. The molecule has 5 nitrogen and oxygen atoms in total. The molecule has 0 spiro atoms. The van der Waals surface area contributed by atoms with Crippen molar-refractivity contribution in [2.75, 3.05) is 13.2 Å². The number of benzene rings is 3. The largest absolute Gasteiger partial charge is 0.490 e. The van der Waals surface area contributed by atoms with Crippen LogP contribution in [0.2, 0.25) is 5.02 Å². The molecule has 1 atom stereocenters. The van der Waals surface area contributed by atoms with Crippen molar-refractivity contribution in [2.24, 2.45) is 0 Å². The van der Waals surface area contributed by atoms with Crippen molar-refractivity contribution in [3.05, 3.63) is 101 Å². The summed E-state index contributed by atoms with van der Waals surface area (Å²) >= 11 is 6.12. The second-order valence-corrected chi connectivity index (χ2v) is 6.91. The van der Waals surface area contributed by atoms with Crippen molar-refractivity contribution in [3.63, 3.8) is 0 Å². The van der Waals surface area contributed by atoms with Gasteiger partial charge in [-0.15, -0.1) is 0 Å². The molecular formula is C24H22ClNO4. The topological polar surface area (TPSA) is 64.6 Å². The number of hydrogen-bond acceptors (Lipinski definition) is 4. The summed E-state index contributed by atoms with van der Waals surface area (Å²) < 4.78 is 10.8. The van der Waals surface area contributed by atoms with E-state index in [1.165, 1.54) is 0 Å². The summed E-state index contributed by atoms with van der Waals surface area (Å²) in [6.07, 6.45) is -0.00839. The molecule has 0 aromatic heterocycles. The summed E-state index contributed by atoms with van der Waals surface area (Å²) in [5, 5.41) is 3.23. The zero-order valence-corrected chi connectivity index (χ0v) is 17.0. The molecule has 0 aliphatic rings. The van der Waals surface area contributed by atoms with Crippen molar-refractivity contribution in [2.45, 2.75) is 12.5 Å². The van der Waals surface area contributed by atoms with Crippen LogP contribution in [0, 0.1) is 0 Å². The Morgan fingerprint density at radius 2 is 1.47 bits per heavy atom. The van der Waals surface area contributed by atoms with Crippen molar-refractivity contribution < 1.29 is 19.1 Å². The van der Waals surface area contributed by atoms with Gasteiger partial charge >= 0.3 is 5.97 Å². The van der Waals surface area contributed by atoms with E-state index in [1.54, 1.807) is 24.3 Å². The summed E-state index contributed by atoms with van der Waals surface area (Å²) in [7, 11) is 0. The van der Waals surface area contributed by atoms with E-state index in [2.05, 4.69) is 5.32 Å². The molecule has 0 aliphatic heterocycles. The number of amides is 1. The minimum absolute atomic E-state index is 0.00839. The fraction of sp³-hybridized carbons (Fsp3) is 0.167. The summed E-state index contributed by atoms with van der Waals surface area (Å²) in [6.45, 7) is 0.367. The average Bonchev–Trinajstić information content (AvgIpc) is 2.78. The van der Waals surface area contributed by atoms with E-state index >= 15 is 0 Å². The van der Waals surface area contributed by atoms with Gasteiger partial charge < -0.3 is 14.8 Å². The molecule has 3 rings (SSSR count). The standard InChI is InChI=1S/C24H22ClNO4/c25-21-14-8-7-13-20(21)24(28)26-22(18-9-3-1-4-10-18)17-23(27)30-16-15-29-19-11-5-2-6-12-19/h1-14,22H,15-17H2,(H,26,28)/t22-/m0/s1. The fourth-order valence-corrected chi connectivity index (χ4v) is 3.10. The number of esters is 1. The van der Waals surface area contributed by atoms with Gasteiger partial charge in [-0.25, -0.2) is 0 Å². The number of carbonyl (C=O) groups is 2. The van der Waals surface area contributed by atoms with Crippen LogP contribution in [0.3, 0.4) is 0 Å². The van der Waals surface area contributed by atoms with Gasteiger partial charge in [-0.05, 0) is 29.8 Å². The normalized spacial score (nSPS) is 11.4. The molecule has 6 heteroatoms. The average molecular weight is 424 g/mol. The molecule has 1 amide bonds. The molecule has 0 fully saturated rings. The van der Waals surface area contributed by atoms with Gasteiger partial charge in [-0.1, -0.05) is 72.3 Å². The Balaban J connectivity index is 1.58. The molecule has 30 heavy (non-hydrogen) atoms. The van der Waals surface area contributed by atoms with Crippen molar-refractivity contribution >= 4 is 23.5 Å². The molecule has 1 N–H and O–H groups in total. The van der Waals surface area contributed by atoms with Crippen molar-refractivity contribution in [1.82, 2.24) is 5.32 Å². The molecule has 0 radical (unpaired) electrons. The number of ether oxygens (including phenoxy) is 2. The number of hydrogen-bond donors (Lipinski definition) is 1. The molecule has 0 aliphatic carbocycles. The monoisotopic (exact) mass is 423 g/mol. The highest BCUT2D eigenvalue weighted by molar-refractivity contribution is 6.33. The predicted molar refractivity (Wildman–Crippen MR) is 116 cm³/mol. The highest BCUT2D eigenvalue weighted by Gasteiger charge is 2.21. The van der Waals surface area contributed by atoms with E-state index in [0.717, 1.165) is 5.56 Å². The van der Waals surface area contributed by atoms with Gasteiger partial charge in [0.1, 0.15) is 19.0 Å². The van der Waals surface area contributed by atoms with Crippen molar-refractivity contribution in [1.29, 1.82) is 0 Å². The number of rotatable bonds is 9. The maximum Gasteiger partial charge on any atom is 0.308 e. The maximum atomic E-state index is 12.7. The van der Waals surface area contributed by atoms with Gasteiger partial charge in [-0.2, -0.15) is 0 Å². The third-order valence-electron chi connectivity index (χ3n) is 4.35. The fourth-order valence-electron chi connectivity index (χ4n) is 2.88. The van der Waals surface area contributed by atoms with Crippen LogP contribution in [0.15, 0.2) is 84.9 Å². The third kappa shape index (κ3) is 6.36. The highest BCUT2D eigenvalue weighted by Crippen LogP contribution is 2.20. The van der Waals surface area contributed by atoms with Crippen LogP contribution in [0.4, 0.5) is 0 Å². The van der Waals surface area contributed by atoms with Gasteiger partial charge in [0.2, 0.25) is 0 Å². The Labute approximate surface area is 180 Å². The third-order valence-corrected chi connectivity index (χ3v) is 4.68. The first-order valence-corrected chi connectivity index (χ1v) is 9.95. The highest BCUT2D eigenvalue weighted by atomic mass is 35.5. The maximum absolute atomic E-state index is 12.7. The summed E-state index contributed by atoms with van der Waals surface area (Å²) in [5.74, 6) is -0.0719. The number of halogens is 1. The Bertz CT molecular complexity index is 963. The molecule has 0 unspecified atom stereocenters. The minimum Gasteiger partial charge on any atom is -0.490 e. The van der Waals surface area contributed by atoms with Gasteiger partial charge in [0, 0.05) is 0 Å². The Hall–Kier alpha value is -3.31. The van der Waals surface area contributed by atoms with Gasteiger partial charge in [0.25, 0.3) is 5.91 Å². The molecule has 0 saturated carbocycles. The van der Waals surface area contributed by atoms with E-state index in [9.17, 15) is 9.59 Å². The lowest BCUT2D eigenvalue weighted by molar-refractivity contribution is -0.144. The lowest BCUT2D eigenvalue weighted by Crippen LogP contribution is -2.31. The Morgan fingerprint density at radius 3 is 2.17 bits per heavy atom. The first-order valence-electron chi connectivity index (χ1n) is 9.57. The lowest BCUT2D eigenvalue weighted by Gasteiger charge is -2.19. The SMILES string of the molecule is O=C(C[C@H](NC(=O)c1ccccc1Cl)c1ccccc1)OCCOc1ccccc1. The van der Waals surface area contributed by atoms with Crippen LogP contribution >= 0.6 is 11.6 Å². The van der Waals surface area contributed by atoms with Crippen LogP contribution in [0.1, 0.15) is 28.4 Å². The molecule has 3 aromatic rings. The van der Waals surface area contributed by atoms with Gasteiger partial charge in [0.15, 0.2) is 0 Å². The first-order chi connectivity index (χ1) is 14.6. The minimum atomic E-state index is -0.544. The van der Waals surface area contributed by atoms with Crippen LogP contribution < -0.4 is 10.1 Å². The smallest absolute Gasteiger partial charge is 0.308 e. The second kappa shape index (κ2) is 11.0. The Kier molecular flexibility index (Phi) is 7.86. The van der Waals surface area contributed by atoms with Gasteiger partial charge in [0.05, 0.1) is 23.0 Å². The van der Waals surface area contributed by atoms with E-state index in [-0.39, 0.29) is 25.5 Å². The molecular weight excluding hydrogens is 402 g/mol. The van der Waals surface area contributed by atoms with Gasteiger partial charge in [-0.3, -0.25) is 9.59 Å². The molecule has 0 saturated heterocycles. The zero-order valence-electron chi connectivity index (χ0n) is 16.3. The lowest BCUT2D eigenvalue weighted by atomic mass is 10.0. The van der Waals surface area contributed by atoms with Crippen LogP contribution in [0.5, 0.6) is 5.75 Å². The zero-order chi connectivity index (χ0) is 21.2. The Morgan fingerprint density at radius 1 is 0.833 bits per heavy atom. The predicted octanol–water partition coefficient (Wildman–Crippen LogP) is 4.82. The van der Waals surface area contributed by atoms with Crippen molar-refractivity contribution in [3.8, 4) is 5.75 Å². The summed E-state index contributed by atoms with van der Waals surface area (Å²) in [6, 6.07) is 24.8. The van der Waals surface area contributed by atoms with E-state index in [1.807, 2.05) is 60.7 Å². The van der Waals surface area contributed by atoms with E-state index in [4.69, 9.17) is 21.1 Å². The first kappa shape index (κ1) is 21.4. The van der Waals surface area contributed by atoms with Crippen LogP contribution in [-0.2, 0) is 9.53 Å².